The lowest BCUT2D eigenvalue weighted by Crippen LogP contribution is -2.36. The molecule has 1 atom stereocenters. The van der Waals surface area contributed by atoms with E-state index in [0.29, 0.717) is 19.4 Å². The van der Waals surface area contributed by atoms with E-state index < -0.39 is 17.5 Å². The van der Waals surface area contributed by atoms with Gasteiger partial charge in [0.1, 0.15) is 0 Å². The fraction of sp³-hybridized carbons (Fsp3) is 0.500. The average molecular weight is 269 g/mol. The van der Waals surface area contributed by atoms with Crippen molar-refractivity contribution in [3.63, 3.8) is 0 Å². The minimum Gasteiger partial charge on any atom is -0.396 e. The van der Waals surface area contributed by atoms with Gasteiger partial charge in [-0.1, -0.05) is 6.07 Å². The van der Waals surface area contributed by atoms with E-state index in [1.54, 1.807) is 4.90 Å². The highest BCUT2D eigenvalue weighted by Crippen LogP contribution is 2.24. The first kappa shape index (κ1) is 13.9. The number of amides is 1. The zero-order valence-electron chi connectivity index (χ0n) is 10.6. The molecule has 19 heavy (non-hydrogen) atoms. The van der Waals surface area contributed by atoms with Gasteiger partial charge in [0, 0.05) is 19.2 Å². The molecule has 1 aliphatic rings. The molecule has 1 aromatic rings. The standard InChI is InChI=1S/C14H17F2NO2/c15-12-7-1-6-11(13(12)16)14(19)17-8-2-4-10(17)5-3-9-18/h1,6-7,10,18H,2-5,8-9H2. The van der Waals surface area contributed by atoms with Gasteiger partial charge in [-0.3, -0.25) is 4.79 Å². The first-order valence-corrected chi connectivity index (χ1v) is 6.51. The van der Waals surface area contributed by atoms with Crippen molar-refractivity contribution in [1.82, 2.24) is 4.90 Å². The van der Waals surface area contributed by atoms with Crippen LogP contribution < -0.4 is 0 Å². The number of halogens is 2. The molecule has 0 saturated carbocycles. The number of rotatable bonds is 4. The van der Waals surface area contributed by atoms with E-state index in [1.807, 2.05) is 0 Å². The van der Waals surface area contributed by atoms with Gasteiger partial charge in [0.15, 0.2) is 11.6 Å². The number of carbonyl (C=O) groups is 1. The molecule has 1 aromatic carbocycles. The van der Waals surface area contributed by atoms with E-state index in [-0.39, 0.29) is 18.2 Å². The maximum Gasteiger partial charge on any atom is 0.257 e. The molecule has 1 amide bonds. The molecule has 0 bridgehead atoms. The molecular formula is C14H17F2NO2. The quantitative estimate of drug-likeness (QED) is 0.911. The van der Waals surface area contributed by atoms with Crippen LogP contribution in [0.25, 0.3) is 0 Å². The minimum absolute atomic E-state index is 0.0160. The molecule has 3 nitrogen and oxygen atoms in total. The van der Waals surface area contributed by atoms with Crippen LogP contribution in [0.2, 0.25) is 0 Å². The van der Waals surface area contributed by atoms with E-state index in [4.69, 9.17) is 5.11 Å². The van der Waals surface area contributed by atoms with Gasteiger partial charge in [-0.2, -0.15) is 0 Å². The van der Waals surface area contributed by atoms with Crippen LogP contribution in [0.15, 0.2) is 18.2 Å². The Bertz CT molecular complexity index is 465. The Morgan fingerprint density at radius 1 is 1.42 bits per heavy atom. The second kappa shape index (κ2) is 6.10. The lowest BCUT2D eigenvalue weighted by molar-refractivity contribution is 0.0718. The molecule has 1 aliphatic heterocycles. The first-order chi connectivity index (χ1) is 9.15. The Morgan fingerprint density at radius 2 is 2.21 bits per heavy atom. The Balaban J connectivity index is 2.16. The smallest absolute Gasteiger partial charge is 0.257 e. The summed E-state index contributed by atoms with van der Waals surface area (Å²) in [5.74, 6) is -2.55. The lowest BCUT2D eigenvalue weighted by Gasteiger charge is -2.24. The van der Waals surface area contributed by atoms with Crippen molar-refractivity contribution in [3.05, 3.63) is 35.4 Å². The summed E-state index contributed by atoms with van der Waals surface area (Å²) in [6.07, 6.45) is 3.01. The van der Waals surface area contributed by atoms with E-state index >= 15 is 0 Å². The highest BCUT2D eigenvalue weighted by atomic mass is 19.2. The molecule has 1 saturated heterocycles. The van der Waals surface area contributed by atoms with E-state index in [1.165, 1.54) is 12.1 Å². The van der Waals surface area contributed by atoms with Gasteiger partial charge < -0.3 is 10.0 Å². The number of benzene rings is 1. The SMILES string of the molecule is O=C(c1cccc(F)c1F)N1CCCC1CCCO. The monoisotopic (exact) mass is 269 g/mol. The largest absolute Gasteiger partial charge is 0.396 e. The molecule has 0 spiro atoms. The van der Waals surface area contributed by atoms with Gasteiger partial charge in [-0.25, -0.2) is 8.78 Å². The lowest BCUT2D eigenvalue weighted by atomic mass is 10.1. The van der Waals surface area contributed by atoms with Gasteiger partial charge >= 0.3 is 0 Å². The topological polar surface area (TPSA) is 40.5 Å². The third-order valence-electron chi connectivity index (χ3n) is 3.52. The van der Waals surface area contributed by atoms with Gasteiger partial charge in [-0.05, 0) is 37.8 Å². The number of aliphatic hydroxyl groups excluding tert-OH is 1. The molecule has 2 rings (SSSR count). The molecule has 0 aromatic heterocycles. The van der Waals surface area contributed by atoms with Crippen LogP contribution >= 0.6 is 0 Å². The summed E-state index contributed by atoms with van der Waals surface area (Å²) < 4.78 is 26.8. The summed E-state index contributed by atoms with van der Waals surface area (Å²) in [7, 11) is 0. The summed E-state index contributed by atoms with van der Waals surface area (Å²) >= 11 is 0. The minimum atomic E-state index is -1.08. The molecule has 1 heterocycles. The van der Waals surface area contributed by atoms with Crippen molar-refractivity contribution in [2.24, 2.45) is 0 Å². The van der Waals surface area contributed by atoms with E-state index in [2.05, 4.69) is 0 Å². The number of hydrogen-bond acceptors (Lipinski definition) is 2. The third kappa shape index (κ3) is 2.92. The fourth-order valence-corrected chi connectivity index (χ4v) is 2.55. The predicted octanol–water partition coefficient (Wildman–Crippen LogP) is 2.34. The molecule has 1 unspecified atom stereocenters. The zero-order valence-corrected chi connectivity index (χ0v) is 10.6. The summed E-state index contributed by atoms with van der Waals surface area (Å²) in [6.45, 7) is 0.637. The van der Waals surface area contributed by atoms with Crippen LogP contribution in [0.5, 0.6) is 0 Å². The van der Waals surface area contributed by atoms with E-state index in [9.17, 15) is 13.6 Å². The Labute approximate surface area is 110 Å². The zero-order chi connectivity index (χ0) is 13.8. The summed E-state index contributed by atoms with van der Waals surface area (Å²) in [5, 5.41) is 8.84. The van der Waals surface area contributed by atoms with Gasteiger partial charge in [0.05, 0.1) is 5.56 Å². The van der Waals surface area contributed by atoms with Crippen LogP contribution in [-0.2, 0) is 0 Å². The highest BCUT2D eigenvalue weighted by Gasteiger charge is 2.30. The average Bonchev–Trinajstić information content (AvgIpc) is 2.87. The van der Waals surface area contributed by atoms with Crippen LogP contribution in [0.4, 0.5) is 8.78 Å². The van der Waals surface area contributed by atoms with Gasteiger partial charge in [0.2, 0.25) is 0 Å². The maximum absolute atomic E-state index is 13.6. The van der Waals surface area contributed by atoms with Gasteiger partial charge in [0.25, 0.3) is 5.91 Å². The first-order valence-electron chi connectivity index (χ1n) is 6.51. The molecular weight excluding hydrogens is 252 g/mol. The molecule has 0 radical (unpaired) electrons. The van der Waals surface area contributed by atoms with Crippen molar-refractivity contribution in [2.45, 2.75) is 31.7 Å². The Kier molecular flexibility index (Phi) is 4.47. The van der Waals surface area contributed by atoms with Crippen molar-refractivity contribution in [3.8, 4) is 0 Å². The van der Waals surface area contributed by atoms with Crippen molar-refractivity contribution >= 4 is 5.91 Å². The van der Waals surface area contributed by atoms with Crippen LogP contribution in [0.1, 0.15) is 36.0 Å². The van der Waals surface area contributed by atoms with Crippen LogP contribution in [-0.4, -0.2) is 35.1 Å². The summed E-state index contributed by atoms with van der Waals surface area (Å²) in [4.78, 5) is 13.8. The normalized spacial score (nSPS) is 18.9. The van der Waals surface area contributed by atoms with Crippen LogP contribution in [0, 0.1) is 11.6 Å². The number of likely N-dealkylation sites (tertiary alicyclic amines) is 1. The maximum atomic E-state index is 13.6. The number of aliphatic hydroxyl groups is 1. The third-order valence-corrected chi connectivity index (χ3v) is 3.52. The number of hydrogen-bond donors (Lipinski definition) is 1. The van der Waals surface area contributed by atoms with E-state index in [0.717, 1.165) is 18.9 Å². The highest BCUT2D eigenvalue weighted by molar-refractivity contribution is 5.94. The second-order valence-corrected chi connectivity index (χ2v) is 4.76. The molecule has 104 valence electrons. The van der Waals surface area contributed by atoms with Crippen molar-refractivity contribution in [2.75, 3.05) is 13.2 Å². The second-order valence-electron chi connectivity index (χ2n) is 4.76. The molecule has 0 aliphatic carbocycles. The summed E-state index contributed by atoms with van der Waals surface area (Å²) in [5.41, 5.74) is -0.212. The van der Waals surface area contributed by atoms with Gasteiger partial charge in [-0.15, -0.1) is 0 Å². The van der Waals surface area contributed by atoms with Crippen molar-refractivity contribution < 1.29 is 18.7 Å². The number of carbonyl (C=O) groups excluding carboxylic acids is 1. The Morgan fingerprint density at radius 3 is 2.95 bits per heavy atom. The van der Waals surface area contributed by atoms with Crippen LogP contribution in [0.3, 0.4) is 0 Å². The summed E-state index contributed by atoms with van der Waals surface area (Å²) in [6, 6.07) is 3.66. The number of nitrogens with zero attached hydrogens (tertiary/aromatic N) is 1. The molecule has 1 fully saturated rings. The Hall–Kier alpha value is -1.49. The predicted molar refractivity (Wildman–Crippen MR) is 66.7 cm³/mol. The molecule has 5 heteroatoms. The molecule has 1 N–H and O–H groups in total. The fourth-order valence-electron chi connectivity index (χ4n) is 2.55. The van der Waals surface area contributed by atoms with Crippen molar-refractivity contribution in [1.29, 1.82) is 0 Å².